The Balaban J connectivity index is 3.08. The van der Waals surface area contributed by atoms with Crippen molar-refractivity contribution in [2.45, 2.75) is 12.3 Å². The van der Waals surface area contributed by atoms with Crippen molar-refractivity contribution in [1.82, 2.24) is 0 Å². The Kier molecular flexibility index (Phi) is 2.92. The molecule has 0 saturated heterocycles. The number of benzene rings is 1. The van der Waals surface area contributed by atoms with Gasteiger partial charge in [0, 0.05) is 16.3 Å². The number of hydrogen-bond donors (Lipinski definition) is 2. The van der Waals surface area contributed by atoms with Gasteiger partial charge < -0.3 is 10.8 Å². The van der Waals surface area contributed by atoms with Crippen molar-refractivity contribution >= 4 is 17.3 Å². The fourth-order valence-electron chi connectivity index (χ4n) is 0.971. The van der Waals surface area contributed by atoms with Crippen LogP contribution in [0.25, 0.3) is 0 Å². The van der Waals surface area contributed by atoms with Crippen LogP contribution in [0.4, 0.5) is 18.9 Å². The van der Waals surface area contributed by atoms with Gasteiger partial charge in [0.05, 0.1) is 0 Å². The molecule has 0 heterocycles. The van der Waals surface area contributed by atoms with E-state index in [2.05, 4.69) is 0 Å². The average molecular weight is 226 g/mol. The third kappa shape index (κ3) is 2.30. The van der Waals surface area contributed by atoms with Gasteiger partial charge in [-0.25, -0.2) is 0 Å². The minimum absolute atomic E-state index is 0.178. The third-order valence-corrected chi connectivity index (χ3v) is 1.89. The lowest BCUT2D eigenvalue weighted by Gasteiger charge is -2.16. The zero-order valence-corrected chi connectivity index (χ0v) is 7.60. The Bertz CT molecular complexity index is 340. The second-order valence-electron chi connectivity index (χ2n) is 2.72. The first kappa shape index (κ1) is 11.1. The molecule has 0 spiro atoms. The molecular weight excluding hydrogens is 219 g/mol. The van der Waals surface area contributed by atoms with E-state index >= 15 is 0 Å². The van der Waals surface area contributed by atoms with Crippen LogP contribution >= 0.6 is 11.6 Å². The molecule has 0 aliphatic rings. The minimum atomic E-state index is -4.72. The van der Waals surface area contributed by atoms with Gasteiger partial charge in [-0.05, 0) is 12.1 Å². The van der Waals surface area contributed by atoms with E-state index in [1.165, 1.54) is 6.07 Å². The van der Waals surface area contributed by atoms with Gasteiger partial charge in [0.25, 0.3) is 0 Å². The first-order chi connectivity index (χ1) is 6.32. The summed E-state index contributed by atoms with van der Waals surface area (Å²) in [7, 11) is 0. The van der Waals surface area contributed by atoms with Crippen LogP contribution in [0.2, 0.25) is 5.02 Å². The highest BCUT2D eigenvalue weighted by Gasteiger charge is 2.40. The molecule has 1 aromatic rings. The molecule has 0 amide bonds. The van der Waals surface area contributed by atoms with Gasteiger partial charge in [-0.2, -0.15) is 13.2 Å². The lowest BCUT2D eigenvalue weighted by molar-refractivity contribution is -0.206. The molecule has 0 bridgehead atoms. The van der Waals surface area contributed by atoms with Crippen molar-refractivity contribution in [3.8, 4) is 0 Å². The summed E-state index contributed by atoms with van der Waals surface area (Å²) in [6, 6.07) is 3.45. The predicted octanol–water partition coefficient (Wildman–Crippen LogP) is 2.52. The molecule has 0 fully saturated rings. The first-order valence-corrected chi connectivity index (χ1v) is 4.00. The summed E-state index contributed by atoms with van der Waals surface area (Å²) < 4.78 is 36.2. The Morgan fingerprint density at radius 1 is 1.36 bits per heavy atom. The largest absolute Gasteiger partial charge is 0.418 e. The standard InChI is InChI=1S/C8H7ClF3NO/c9-4-1-2-5(6(13)3-4)7(14)8(10,11)12/h1-3,7,14H,13H2/t7-/m0/s1. The lowest BCUT2D eigenvalue weighted by atomic mass is 10.1. The van der Waals surface area contributed by atoms with Crippen molar-refractivity contribution in [2.75, 3.05) is 5.73 Å². The van der Waals surface area contributed by atoms with E-state index < -0.39 is 12.3 Å². The molecule has 0 aliphatic heterocycles. The van der Waals surface area contributed by atoms with Gasteiger partial charge in [0.2, 0.25) is 0 Å². The summed E-state index contributed by atoms with van der Waals surface area (Å²) >= 11 is 5.49. The maximum absolute atomic E-state index is 12.1. The maximum atomic E-state index is 12.1. The van der Waals surface area contributed by atoms with Gasteiger partial charge in [0.1, 0.15) is 0 Å². The Hall–Kier alpha value is -0.940. The van der Waals surface area contributed by atoms with Gasteiger partial charge in [0.15, 0.2) is 6.10 Å². The van der Waals surface area contributed by atoms with Crippen molar-refractivity contribution < 1.29 is 18.3 Å². The molecule has 78 valence electrons. The normalized spacial score (nSPS) is 14.1. The predicted molar refractivity (Wildman–Crippen MR) is 46.9 cm³/mol. The highest BCUT2D eigenvalue weighted by Crippen LogP contribution is 2.35. The van der Waals surface area contributed by atoms with Gasteiger partial charge in [-0.1, -0.05) is 17.7 Å². The molecular formula is C8H7ClF3NO. The van der Waals surface area contributed by atoms with E-state index in [0.717, 1.165) is 12.1 Å². The highest BCUT2D eigenvalue weighted by atomic mass is 35.5. The fourth-order valence-corrected chi connectivity index (χ4v) is 1.15. The van der Waals surface area contributed by atoms with Crippen molar-refractivity contribution in [1.29, 1.82) is 0 Å². The van der Waals surface area contributed by atoms with E-state index in [4.69, 9.17) is 22.4 Å². The number of alkyl halides is 3. The number of aliphatic hydroxyl groups is 1. The lowest BCUT2D eigenvalue weighted by Crippen LogP contribution is -2.21. The Morgan fingerprint density at radius 2 is 1.93 bits per heavy atom. The van der Waals surface area contributed by atoms with Crippen LogP contribution in [0.5, 0.6) is 0 Å². The van der Waals surface area contributed by atoms with Crippen molar-refractivity contribution in [2.24, 2.45) is 0 Å². The van der Waals surface area contributed by atoms with Crippen LogP contribution in [-0.4, -0.2) is 11.3 Å². The number of hydrogen-bond acceptors (Lipinski definition) is 2. The van der Waals surface area contributed by atoms with Crippen LogP contribution in [0.3, 0.4) is 0 Å². The average Bonchev–Trinajstić information content (AvgIpc) is 2.01. The van der Waals surface area contributed by atoms with E-state index in [0.29, 0.717) is 0 Å². The summed E-state index contributed by atoms with van der Waals surface area (Å²) in [5.74, 6) is 0. The van der Waals surface area contributed by atoms with Crippen molar-refractivity contribution in [3.05, 3.63) is 28.8 Å². The van der Waals surface area contributed by atoms with E-state index in [1.54, 1.807) is 0 Å². The Labute approximate surface area is 83.1 Å². The molecule has 0 unspecified atom stereocenters. The molecule has 1 atom stereocenters. The maximum Gasteiger partial charge on any atom is 0.418 e. The van der Waals surface area contributed by atoms with Crippen LogP contribution in [0.1, 0.15) is 11.7 Å². The van der Waals surface area contributed by atoms with Crippen LogP contribution < -0.4 is 5.73 Å². The summed E-state index contributed by atoms with van der Waals surface area (Å²) in [4.78, 5) is 0. The topological polar surface area (TPSA) is 46.2 Å². The third-order valence-electron chi connectivity index (χ3n) is 1.65. The number of aliphatic hydroxyl groups excluding tert-OH is 1. The SMILES string of the molecule is Nc1cc(Cl)ccc1[C@H](O)C(F)(F)F. The van der Waals surface area contributed by atoms with E-state index in [1.807, 2.05) is 0 Å². The van der Waals surface area contributed by atoms with Gasteiger partial charge in [-0.3, -0.25) is 0 Å². The van der Waals surface area contributed by atoms with Crippen LogP contribution in [0.15, 0.2) is 18.2 Å². The first-order valence-electron chi connectivity index (χ1n) is 3.62. The molecule has 2 nitrogen and oxygen atoms in total. The summed E-state index contributed by atoms with van der Waals surface area (Å²) in [6.07, 6.45) is -7.29. The van der Waals surface area contributed by atoms with Crippen LogP contribution in [-0.2, 0) is 0 Å². The summed E-state index contributed by atoms with van der Waals surface area (Å²) in [5.41, 5.74) is 4.71. The summed E-state index contributed by atoms with van der Waals surface area (Å²) in [6.45, 7) is 0. The molecule has 0 aromatic heterocycles. The molecule has 3 N–H and O–H groups in total. The molecule has 14 heavy (non-hydrogen) atoms. The quantitative estimate of drug-likeness (QED) is 0.722. The van der Waals surface area contributed by atoms with Crippen LogP contribution in [0, 0.1) is 0 Å². The number of halogens is 4. The van der Waals surface area contributed by atoms with E-state index in [9.17, 15) is 13.2 Å². The number of rotatable bonds is 1. The minimum Gasteiger partial charge on any atom is -0.398 e. The zero-order chi connectivity index (χ0) is 10.9. The molecule has 6 heteroatoms. The van der Waals surface area contributed by atoms with Crippen molar-refractivity contribution in [3.63, 3.8) is 0 Å². The molecule has 1 rings (SSSR count). The molecule has 1 aromatic carbocycles. The van der Waals surface area contributed by atoms with E-state index in [-0.39, 0.29) is 16.3 Å². The molecule has 0 radical (unpaired) electrons. The molecule has 0 saturated carbocycles. The zero-order valence-electron chi connectivity index (χ0n) is 6.85. The monoisotopic (exact) mass is 225 g/mol. The molecule has 0 aliphatic carbocycles. The summed E-state index contributed by atoms with van der Waals surface area (Å²) in [5, 5.41) is 9.10. The number of anilines is 1. The van der Waals surface area contributed by atoms with Gasteiger partial charge in [-0.15, -0.1) is 0 Å². The number of nitrogen functional groups attached to an aromatic ring is 1. The fraction of sp³-hybridized carbons (Fsp3) is 0.250. The number of nitrogens with two attached hydrogens (primary N) is 1. The highest BCUT2D eigenvalue weighted by molar-refractivity contribution is 6.30. The smallest absolute Gasteiger partial charge is 0.398 e. The Morgan fingerprint density at radius 3 is 2.36 bits per heavy atom. The van der Waals surface area contributed by atoms with Gasteiger partial charge >= 0.3 is 6.18 Å². The second-order valence-corrected chi connectivity index (χ2v) is 3.15. The second kappa shape index (κ2) is 3.67.